The molecule has 1 amide bonds. The number of hydrogen-bond acceptors (Lipinski definition) is 2. The van der Waals surface area contributed by atoms with Crippen molar-refractivity contribution in [3.05, 3.63) is 84.2 Å². The van der Waals surface area contributed by atoms with Gasteiger partial charge in [0.1, 0.15) is 5.75 Å². The predicted octanol–water partition coefficient (Wildman–Crippen LogP) is 4.42. The van der Waals surface area contributed by atoms with Crippen LogP contribution in [0.25, 0.3) is 0 Å². The lowest BCUT2D eigenvalue weighted by Gasteiger charge is -2.20. The first-order valence-electron chi connectivity index (χ1n) is 8.29. The number of amides is 1. The summed E-state index contributed by atoms with van der Waals surface area (Å²) in [4.78, 5) is 12.6. The lowest BCUT2D eigenvalue weighted by molar-refractivity contribution is -0.116. The molecule has 1 N–H and O–H groups in total. The maximum Gasteiger partial charge on any atom is 0.226 e. The zero-order valence-electron chi connectivity index (χ0n) is 14.5. The third-order valence-electron chi connectivity index (χ3n) is 4.29. The van der Waals surface area contributed by atoms with Crippen molar-refractivity contribution < 1.29 is 9.53 Å². The summed E-state index contributed by atoms with van der Waals surface area (Å²) in [6.45, 7) is 1.99. The van der Waals surface area contributed by atoms with Crippen molar-refractivity contribution in [1.82, 2.24) is 4.57 Å². The molecule has 3 aromatic rings. The highest BCUT2D eigenvalue weighted by molar-refractivity contribution is 5.92. The highest BCUT2D eigenvalue weighted by Gasteiger charge is 2.18. The van der Waals surface area contributed by atoms with Crippen molar-refractivity contribution in [2.75, 3.05) is 12.4 Å². The molecule has 128 valence electrons. The molecule has 0 saturated heterocycles. The molecule has 1 heterocycles. The second kappa shape index (κ2) is 7.71. The average Bonchev–Trinajstić information content (AvgIpc) is 3.16. The number of carbonyl (C=O) groups is 1. The normalized spacial score (nSPS) is 11.8. The number of carbonyl (C=O) groups excluding carboxylic acids is 1. The van der Waals surface area contributed by atoms with Crippen molar-refractivity contribution in [2.45, 2.75) is 19.4 Å². The maximum absolute atomic E-state index is 12.6. The summed E-state index contributed by atoms with van der Waals surface area (Å²) in [7, 11) is 1.65. The first kappa shape index (κ1) is 16.8. The molecule has 3 rings (SSSR count). The third-order valence-corrected chi connectivity index (χ3v) is 4.29. The van der Waals surface area contributed by atoms with Crippen LogP contribution < -0.4 is 10.1 Å². The Labute approximate surface area is 148 Å². The topological polar surface area (TPSA) is 43.3 Å². The van der Waals surface area contributed by atoms with Gasteiger partial charge in [-0.3, -0.25) is 4.79 Å². The summed E-state index contributed by atoms with van der Waals surface area (Å²) in [5, 5.41) is 3.02. The van der Waals surface area contributed by atoms with Crippen molar-refractivity contribution in [2.24, 2.45) is 0 Å². The van der Waals surface area contributed by atoms with Crippen LogP contribution in [0.5, 0.6) is 5.75 Å². The molecule has 4 nitrogen and oxygen atoms in total. The number of ether oxygens (including phenoxy) is 1. The van der Waals surface area contributed by atoms with Crippen LogP contribution in [0.3, 0.4) is 0 Å². The molecule has 0 bridgehead atoms. The Kier molecular flexibility index (Phi) is 5.19. The first-order chi connectivity index (χ1) is 12.2. The number of anilines is 1. The van der Waals surface area contributed by atoms with Gasteiger partial charge < -0.3 is 14.6 Å². The van der Waals surface area contributed by atoms with Crippen molar-refractivity contribution in [3.8, 4) is 5.75 Å². The Morgan fingerprint density at radius 1 is 1.04 bits per heavy atom. The minimum absolute atomic E-state index is 0.0104. The first-order valence-corrected chi connectivity index (χ1v) is 8.29. The van der Waals surface area contributed by atoms with E-state index >= 15 is 0 Å². The Bertz CT molecular complexity index is 823. The van der Waals surface area contributed by atoms with E-state index in [0.717, 1.165) is 22.6 Å². The van der Waals surface area contributed by atoms with Gasteiger partial charge in [0.25, 0.3) is 0 Å². The van der Waals surface area contributed by atoms with Gasteiger partial charge >= 0.3 is 0 Å². The summed E-state index contributed by atoms with van der Waals surface area (Å²) >= 11 is 0. The van der Waals surface area contributed by atoms with Gasteiger partial charge in [0.15, 0.2) is 0 Å². The molecular formula is C21H22N2O2. The highest BCUT2D eigenvalue weighted by atomic mass is 16.5. The Morgan fingerprint density at radius 2 is 1.72 bits per heavy atom. The van der Waals surface area contributed by atoms with Crippen molar-refractivity contribution in [3.63, 3.8) is 0 Å². The molecule has 25 heavy (non-hydrogen) atoms. The van der Waals surface area contributed by atoms with E-state index in [-0.39, 0.29) is 11.9 Å². The standard InChI is InChI=1S/C21H22N2O2/c1-16-7-3-4-8-19(16)22-21(24)15-20(23-13-5-6-14-23)17-9-11-18(25-2)12-10-17/h3-14,20H,15H2,1-2H3,(H,22,24)/t20-/m0/s1. The molecule has 1 aromatic heterocycles. The minimum atomic E-state index is -0.0649. The van der Waals surface area contributed by atoms with Crippen LogP contribution in [0.1, 0.15) is 23.6 Å². The van der Waals surface area contributed by atoms with E-state index in [1.807, 2.05) is 80.0 Å². The summed E-state index contributed by atoms with van der Waals surface area (Å²) < 4.78 is 7.28. The second-order valence-corrected chi connectivity index (χ2v) is 5.99. The van der Waals surface area contributed by atoms with Crippen LogP contribution in [-0.2, 0) is 4.79 Å². The smallest absolute Gasteiger partial charge is 0.226 e. The van der Waals surface area contributed by atoms with Gasteiger partial charge in [-0.25, -0.2) is 0 Å². The van der Waals surface area contributed by atoms with Gasteiger partial charge in [0.2, 0.25) is 5.91 Å². The molecule has 0 aliphatic carbocycles. The van der Waals surface area contributed by atoms with Gasteiger partial charge in [-0.05, 0) is 48.4 Å². The Morgan fingerprint density at radius 3 is 2.36 bits per heavy atom. The fourth-order valence-corrected chi connectivity index (χ4v) is 2.87. The minimum Gasteiger partial charge on any atom is -0.497 e. The molecule has 1 atom stereocenters. The third kappa shape index (κ3) is 4.10. The summed E-state index contributed by atoms with van der Waals surface area (Å²) in [5.74, 6) is 0.795. The zero-order valence-corrected chi connectivity index (χ0v) is 14.5. The molecule has 0 unspecified atom stereocenters. The summed E-state index contributed by atoms with van der Waals surface area (Å²) in [6, 6.07) is 19.5. The quantitative estimate of drug-likeness (QED) is 0.725. The average molecular weight is 334 g/mol. The fraction of sp³-hybridized carbons (Fsp3) is 0.190. The maximum atomic E-state index is 12.6. The van der Waals surface area contributed by atoms with Crippen LogP contribution >= 0.6 is 0 Å². The second-order valence-electron chi connectivity index (χ2n) is 5.99. The zero-order chi connectivity index (χ0) is 17.6. The van der Waals surface area contributed by atoms with E-state index in [0.29, 0.717) is 6.42 Å². The molecule has 0 radical (unpaired) electrons. The van der Waals surface area contributed by atoms with Gasteiger partial charge in [-0.15, -0.1) is 0 Å². The molecule has 2 aromatic carbocycles. The van der Waals surface area contributed by atoms with Gasteiger partial charge in [-0.2, -0.15) is 0 Å². The fourth-order valence-electron chi connectivity index (χ4n) is 2.87. The predicted molar refractivity (Wildman–Crippen MR) is 100.0 cm³/mol. The van der Waals surface area contributed by atoms with Crippen LogP contribution in [0.2, 0.25) is 0 Å². The number of nitrogens with zero attached hydrogens (tertiary/aromatic N) is 1. The van der Waals surface area contributed by atoms with Crippen LogP contribution in [-0.4, -0.2) is 17.6 Å². The van der Waals surface area contributed by atoms with Gasteiger partial charge in [0.05, 0.1) is 19.6 Å². The number of para-hydroxylation sites is 1. The van der Waals surface area contributed by atoms with Gasteiger partial charge in [0, 0.05) is 18.1 Å². The lowest BCUT2D eigenvalue weighted by atomic mass is 10.0. The molecule has 4 heteroatoms. The number of rotatable bonds is 6. The monoisotopic (exact) mass is 334 g/mol. The number of aryl methyl sites for hydroxylation is 1. The lowest BCUT2D eigenvalue weighted by Crippen LogP contribution is -2.20. The van der Waals surface area contributed by atoms with E-state index < -0.39 is 0 Å². The van der Waals surface area contributed by atoms with Crippen LogP contribution in [0, 0.1) is 6.92 Å². The van der Waals surface area contributed by atoms with E-state index in [1.165, 1.54) is 0 Å². The molecular weight excluding hydrogens is 312 g/mol. The van der Waals surface area contributed by atoms with E-state index in [1.54, 1.807) is 7.11 Å². The Balaban J connectivity index is 1.80. The molecule has 0 aliphatic rings. The van der Waals surface area contributed by atoms with Crippen molar-refractivity contribution >= 4 is 11.6 Å². The molecule has 0 aliphatic heterocycles. The van der Waals surface area contributed by atoms with Crippen molar-refractivity contribution in [1.29, 1.82) is 0 Å². The summed E-state index contributed by atoms with van der Waals surface area (Å²) in [6.07, 6.45) is 4.32. The van der Waals surface area contributed by atoms with Crippen LogP contribution in [0.4, 0.5) is 5.69 Å². The number of methoxy groups -OCH3 is 1. The largest absolute Gasteiger partial charge is 0.497 e. The molecule has 0 spiro atoms. The van der Waals surface area contributed by atoms with Gasteiger partial charge in [-0.1, -0.05) is 30.3 Å². The number of aromatic nitrogens is 1. The molecule has 0 saturated carbocycles. The van der Waals surface area contributed by atoms with E-state index in [4.69, 9.17) is 4.74 Å². The van der Waals surface area contributed by atoms with E-state index in [2.05, 4.69) is 9.88 Å². The number of hydrogen-bond donors (Lipinski definition) is 1. The highest BCUT2D eigenvalue weighted by Crippen LogP contribution is 2.25. The summed E-state index contributed by atoms with van der Waals surface area (Å²) in [5.41, 5.74) is 2.98. The number of nitrogens with one attached hydrogen (secondary N) is 1. The molecule has 0 fully saturated rings. The SMILES string of the molecule is COc1ccc([C@H](CC(=O)Nc2ccccc2C)n2cccc2)cc1. The van der Waals surface area contributed by atoms with E-state index in [9.17, 15) is 4.79 Å². The number of benzene rings is 2. The van der Waals surface area contributed by atoms with Crippen LogP contribution in [0.15, 0.2) is 73.1 Å². The Hall–Kier alpha value is -3.01.